The quantitative estimate of drug-likeness (QED) is 0.838. The summed E-state index contributed by atoms with van der Waals surface area (Å²) in [6.07, 6.45) is 0. The molecule has 1 aromatic carbocycles. The van der Waals surface area contributed by atoms with Gasteiger partial charge >= 0.3 is 0 Å². The lowest BCUT2D eigenvalue weighted by molar-refractivity contribution is -0.301. The SMILES string of the molecule is Cc1cccc(C)c1NC(=O)CSCC(=O)[O-]. The van der Waals surface area contributed by atoms with Crippen molar-refractivity contribution < 1.29 is 14.7 Å². The van der Waals surface area contributed by atoms with Crippen LogP contribution < -0.4 is 10.4 Å². The number of aliphatic carboxylic acids is 1. The molecule has 1 amide bonds. The molecule has 0 heterocycles. The van der Waals surface area contributed by atoms with Crippen molar-refractivity contribution in [2.75, 3.05) is 16.8 Å². The molecular formula is C12H14NO3S-. The molecule has 0 bridgehead atoms. The highest BCUT2D eigenvalue weighted by Crippen LogP contribution is 2.19. The molecule has 0 saturated carbocycles. The van der Waals surface area contributed by atoms with E-state index in [2.05, 4.69) is 5.32 Å². The van der Waals surface area contributed by atoms with Gasteiger partial charge in [-0.3, -0.25) is 4.79 Å². The van der Waals surface area contributed by atoms with Crippen molar-refractivity contribution in [2.45, 2.75) is 13.8 Å². The topological polar surface area (TPSA) is 69.2 Å². The molecule has 0 radical (unpaired) electrons. The molecule has 0 atom stereocenters. The van der Waals surface area contributed by atoms with E-state index >= 15 is 0 Å². The first-order chi connectivity index (χ1) is 8.00. The molecule has 0 aliphatic carbocycles. The maximum atomic E-state index is 11.6. The molecule has 92 valence electrons. The van der Waals surface area contributed by atoms with Crippen molar-refractivity contribution in [3.63, 3.8) is 0 Å². The molecule has 0 unspecified atom stereocenters. The highest BCUT2D eigenvalue weighted by atomic mass is 32.2. The van der Waals surface area contributed by atoms with Crippen LogP contribution in [-0.2, 0) is 9.59 Å². The minimum atomic E-state index is -1.16. The van der Waals surface area contributed by atoms with Gasteiger partial charge in [0.25, 0.3) is 0 Å². The van der Waals surface area contributed by atoms with Gasteiger partial charge < -0.3 is 15.2 Å². The van der Waals surface area contributed by atoms with Crippen LogP contribution >= 0.6 is 11.8 Å². The van der Waals surface area contributed by atoms with E-state index in [9.17, 15) is 14.7 Å². The summed E-state index contributed by atoms with van der Waals surface area (Å²) >= 11 is 1.03. The number of hydrogen-bond acceptors (Lipinski definition) is 4. The Morgan fingerprint density at radius 1 is 1.24 bits per heavy atom. The first-order valence-electron chi connectivity index (χ1n) is 5.14. The second kappa shape index (κ2) is 6.30. The zero-order valence-corrected chi connectivity index (χ0v) is 10.6. The fourth-order valence-electron chi connectivity index (χ4n) is 1.41. The van der Waals surface area contributed by atoms with Crippen molar-refractivity contribution in [3.8, 4) is 0 Å². The van der Waals surface area contributed by atoms with Crippen molar-refractivity contribution in [1.82, 2.24) is 0 Å². The first-order valence-corrected chi connectivity index (χ1v) is 6.30. The van der Waals surface area contributed by atoms with Gasteiger partial charge in [0.05, 0.1) is 11.7 Å². The summed E-state index contributed by atoms with van der Waals surface area (Å²) < 4.78 is 0. The summed E-state index contributed by atoms with van der Waals surface area (Å²) in [5, 5.41) is 13.0. The molecule has 0 spiro atoms. The van der Waals surface area contributed by atoms with Crippen LogP contribution in [0.3, 0.4) is 0 Å². The molecule has 4 nitrogen and oxygen atoms in total. The first kappa shape index (κ1) is 13.6. The standard InChI is InChI=1S/C12H15NO3S/c1-8-4-3-5-9(2)12(8)13-10(14)6-17-7-11(15)16/h3-5H,6-7H2,1-2H3,(H,13,14)(H,15,16)/p-1. The van der Waals surface area contributed by atoms with E-state index in [1.807, 2.05) is 32.0 Å². The van der Waals surface area contributed by atoms with Crippen LogP contribution in [0.4, 0.5) is 5.69 Å². The second-order valence-corrected chi connectivity index (χ2v) is 4.67. The minimum absolute atomic E-state index is 0.113. The zero-order valence-electron chi connectivity index (χ0n) is 9.78. The Morgan fingerprint density at radius 2 is 1.82 bits per heavy atom. The number of para-hydroxylation sites is 1. The predicted octanol–water partition coefficient (Wildman–Crippen LogP) is 0.725. The molecule has 0 aromatic heterocycles. The molecule has 0 fully saturated rings. The normalized spacial score (nSPS) is 10.0. The smallest absolute Gasteiger partial charge is 0.234 e. The Morgan fingerprint density at radius 3 is 2.35 bits per heavy atom. The van der Waals surface area contributed by atoms with Gasteiger partial charge in [-0.2, -0.15) is 0 Å². The molecule has 5 heteroatoms. The minimum Gasteiger partial charge on any atom is -0.549 e. The summed E-state index contributed by atoms with van der Waals surface area (Å²) in [4.78, 5) is 21.7. The number of carboxylic acids is 1. The van der Waals surface area contributed by atoms with Gasteiger partial charge in [-0.1, -0.05) is 18.2 Å². The maximum absolute atomic E-state index is 11.6. The fourth-order valence-corrected chi connectivity index (χ4v) is 1.94. The molecule has 0 aliphatic rings. The van der Waals surface area contributed by atoms with Crippen LogP contribution in [0.25, 0.3) is 0 Å². The number of nitrogens with one attached hydrogen (secondary N) is 1. The van der Waals surface area contributed by atoms with E-state index in [1.165, 1.54) is 0 Å². The van der Waals surface area contributed by atoms with Crippen LogP contribution in [0.15, 0.2) is 18.2 Å². The number of anilines is 1. The summed E-state index contributed by atoms with van der Waals surface area (Å²) in [5.41, 5.74) is 2.78. The number of carboxylic acid groups (broad SMARTS) is 1. The monoisotopic (exact) mass is 252 g/mol. The van der Waals surface area contributed by atoms with Crippen LogP contribution in [0.5, 0.6) is 0 Å². The van der Waals surface area contributed by atoms with Crippen LogP contribution in [0.2, 0.25) is 0 Å². The lowest BCUT2D eigenvalue weighted by Gasteiger charge is -2.11. The predicted molar refractivity (Wildman–Crippen MR) is 66.9 cm³/mol. The highest BCUT2D eigenvalue weighted by molar-refractivity contribution is 8.00. The van der Waals surface area contributed by atoms with Gasteiger partial charge in [-0.15, -0.1) is 11.8 Å². The van der Waals surface area contributed by atoms with Crippen molar-refractivity contribution >= 4 is 29.3 Å². The number of hydrogen-bond donors (Lipinski definition) is 1. The molecular weight excluding hydrogens is 238 g/mol. The number of thioether (sulfide) groups is 1. The van der Waals surface area contributed by atoms with Crippen molar-refractivity contribution in [1.29, 1.82) is 0 Å². The average Bonchev–Trinajstić information content (AvgIpc) is 2.23. The van der Waals surface area contributed by atoms with Crippen LogP contribution in [0, 0.1) is 13.8 Å². The summed E-state index contributed by atoms with van der Waals surface area (Å²) in [7, 11) is 0. The van der Waals surface area contributed by atoms with E-state index in [0.717, 1.165) is 28.6 Å². The number of benzene rings is 1. The van der Waals surface area contributed by atoms with E-state index in [4.69, 9.17) is 0 Å². The number of aryl methyl sites for hydroxylation is 2. The number of carbonyl (C=O) groups excluding carboxylic acids is 2. The van der Waals surface area contributed by atoms with Gasteiger partial charge in [-0.05, 0) is 25.0 Å². The largest absolute Gasteiger partial charge is 0.549 e. The summed E-state index contributed by atoms with van der Waals surface area (Å²) in [6.45, 7) is 3.83. The van der Waals surface area contributed by atoms with Crippen molar-refractivity contribution in [2.24, 2.45) is 0 Å². The fraction of sp³-hybridized carbons (Fsp3) is 0.333. The average molecular weight is 252 g/mol. The molecule has 17 heavy (non-hydrogen) atoms. The second-order valence-electron chi connectivity index (χ2n) is 3.68. The van der Waals surface area contributed by atoms with Gasteiger partial charge in [0.1, 0.15) is 0 Å². The van der Waals surface area contributed by atoms with E-state index in [1.54, 1.807) is 0 Å². The molecule has 0 aliphatic heterocycles. The number of rotatable bonds is 5. The van der Waals surface area contributed by atoms with Gasteiger partial charge in [-0.25, -0.2) is 0 Å². The Kier molecular flexibility index (Phi) is 5.03. The van der Waals surface area contributed by atoms with Gasteiger partial charge in [0.15, 0.2) is 0 Å². The Labute approximate surface area is 104 Å². The highest BCUT2D eigenvalue weighted by Gasteiger charge is 2.06. The van der Waals surface area contributed by atoms with E-state index < -0.39 is 5.97 Å². The maximum Gasteiger partial charge on any atom is 0.234 e. The van der Waals surface area contributed by atoms with Crippen LogP contribution in [0.1, 0.15) is 11.1 Å². The van der Waals surface area contributed by atoms with Crippen LogP contribution in [-0.4, -0.2) is 23.4 Å². The van der Waals surface area contributed by atoms with Gasteiger partial charge in [0, 0.05) is 11.4 Å². The van der Waals surface area contributed by atoms with E-state index in [0.29, 0.717) is 0 Å². The lowest BCUT2D eigenvalue weighted by atomic mass is 10.1. The van der Waals surface area contributed by atoms with Crippen molar-refractivity contribution in [3.05, 3.63) is 29.3 Å². The zero-order chi connectivity index (χ0) is 12.8. The number of carbonyl (C=O) groups is 2. The molecule has 1 rings (SSSR count). The molecule has 1 aromatic rings. The Hall–Kier alpha value is -1.49. The Balaban J connectivity index is 2.53. The van der Waals surface area contributed by atoms with E-state index in [-0.39, 0.29) is 17.4 Å². The van der Waals surface area contributed by atoms with Gasteiger partial charge in [0.2, 0.25) is 5.91 Å². The molecule has 0 saturated heterocycles. The lowest BCUT2D eigenvalue weighted by Crippen LogP contribution is -2.25. The third kappa shape index (κ3) is 4.48. The number of amides is 1. The summed E-state index contributed by atoms with van der Waals surface area (Å²) in [6, 6.07) is 5.75. The Bertz CT molecular complexity index is 412. The third-order valence-corrected chi connectivity index (χ3v) is 3.10. The summed E-state index contributed by atoms with van der Waals surface area (Å²) in [5.74, 6) is -1.41. The third-order valence-electron chi connectivity index (χ3n) is 2.20. The molecule has 1 N–H and O–H groups in total.